The van der Waals surface area contributed by atoms with E-state index in [0.717, 1.165) is 22.5 Å². The Morgan fingerprint density at radius 1 is 0.969 bits per heavy atom. The highest BCUT2D eigenvalue weighted by Gasteiger charge is 2.25. The van der Waals surface area contributed by atoms with Crippen molar-refractivity contribution in [3.05, 3.63) is 82.0 Å². The molecule has 0 aliphatic heterocycles. The number of nitrogens with zero attached hydrogens (tertiary/aromatic N) is 2. The van der Waals surface area contributed by atoms with E-state index in [4.69, 9.17) is 0 Å². The summed E-state index contributed by atoms with van der Waals surface area (Å²) in [6, 6.07) is 19.6. The van der Waals surface area contributed by atoms with Crippen LogP contribution >= 0.6 is 11.3 Å². The first-order valence-electron chi connectivity index (χ1n) is 10.8. The zero-order chi connectivity index (χ0) is 23.3. The third-order valence-electron chi connectivity index (χ3n) is 5.44. The number of nitrogens with one attached hydrogen (secondary N) is 1. The predicted molar refractivity (Wildman–Crippen MR) is 133 cm³/mol. The van der Waals surface area contributed by atoms with E-state index in [1.165, 1.54) is 11.3 Å². The van der Waals surface area contributed by atoms with Crippen molar-refractivity contribution < 1.29 is 9.59 Å². The Kier molecular flexibility index (Phi) is 7.70. The fourth-order valence-corrected chi connectivity index (χ4v) is 4.21. The molecular weight excluding hydrogens is 418 g/mol. The van der Waals surface area contributed by atoms with E-state index in [2.05, 4.69) is 12.2 Å². The molecule has 0 bridgehead atoms. The van der Waals surface area contributed by atoms with Gasteiger partial charge in [0.05, 0.1) is 10.9 Å². The first kappa shape index (κ1) is 23.5. The fraction of sp³-hybridized carbons (Fsp3) is 0.308. The molecule has 0 aliphatic rings. The Labute approximate surface area is 194 Å². The van der Waals surface area contributed by atoms with Crippen molar-refractivity contribution in [2.75, 3.05) is 24.3 Å². The molecular formula is C26H31N3O2S. The first-order chi connectivity index (χ1) is 15.3. The van der Waals surface area contributed by atoms with E-state index in [9.17, 15) is 9.59 Å². The molecule has 0 saturated carbocycles. The van der Waals surface area contributed by atoms with Crippen LogP contribution in [0.2, 0.25) is 0 Å². The van der Waals surface area contributed by atoms with Crippen LogP contribution in [0.15, 0.2) is 66.0 Å². The summed E-state index contributed by atoms with van der Waals surface area (Å²) in [6.07, 6.45) is 0. The number of hydrogen-bond donors (Lipinski definition) is 1. The molecule has 1 atom stereocenters. The normalized spacial score (nSPS) is 11.8. The van der Waals surface area contributed by atoms with Crippen molar-refractivity contribution in [1.29, 1.82) is 0 Å². The fourth-order valence-electron chi connectivity index (χ4n) is 3.53. The Hall–Kier alpha value is -3.12. The van der Waals surface area contributed by atoms with Crippen LogP contribution in [0.1, 0.15) is 47.6 Å². The van der Waals surface area contributed by atoms with Gasteiger partial charge in [-0.3, -0.25) is 9.59 Å². The zero-order valence-electron chi connectivity index (χ0n) is 19.3. The van der Waals surface area contributed by atoms with Gasteiger partial charge in [-0.25, -0.2) is 0 Å². The minimum absolute atomic E-state index is 0.00215. The minimum atomic E-state index is -0.116. The minimum Gasteiger partial charge on any atom is -0.377 e. The van der Waals surface area contributed by atoms with Gasteiger partial charge in [-0.05, 0) is 47.7 Å². The van der Waals surface area contributed by atoms with Gasteiger partial charge in [-0.15, -0.1) is 11.3 Å². The quantitative estimate of drug-likeness (QED) is 0.472. The molecule has 1 heterocycles. The van der Waals surface area contributed by atoms with Crippen LogP contribution in [-0.2, 0) is 11.3 Å². The van der Waals surface area contributed by atoms with Crippen LogP contribution in [0.4, 0.5) is 11.4 Å². The Balaban J connectivity index is 2.00. The summed E-state index contributed by atoms with van der Waals surface area (Å²) in [5.74, 6) is -0.141. The van der Waals surface area contributed by atoms with Crippen LogP contribution in [0.25, 0.3) is 0 Å². The molecule has 0 unspecified atom stereocenters. The molecule has 0 radical (unpaired) electrons. The molecule has 1 N–H and O–H groups in total. The van der Waals surface area contributed by atoms with E-state index in [0.29, 0.717) is 11.4 Å². The molecule has 2 aromatic carbocycles. The van der Waals surface area contributed by atoms with Gasteiger partial charge >= 0.3 is 0 Å². The van der Waals surface area contributed by atoms with Crippen LogP contribution in [0.3, 0.4) is 0 Å². The second-order valence-electron chi connectivity index (χ2n) is 8.38. The summed E-state index contributed by atoms with van der Waals surface area (Å²) in [6.45, 7) is 6.22. The highest BCUT2D eigenvalue weighted by atomic mass is 32.1. The molecule has 32 heavy (non-hydrogen) atoms. The summed E-state index contributed by atoms with van der Waals surface area (Å²) < 4.78 is 0. The smallest absolute Gasteiger partial charge is 0.264 e. The monoisotopic (exact) mass is 449 g/mol. The number of amides is 2. The van der Waals surface area contributed by atoms with Gasteiger partial charge in [0.2, 0.25) is 5.91 Å². The predicted octanol–water partition coefficient (Wildman–Crippen LogP) is 5.81. The van der Waals surface area contributed by atoms with Crippen molar-refractivity contribution >= 4 is 34.5 Å². The molecule has 2 amide bonds. The molecule has 5 nitrogen and oxygen atoms in total. The van der Waals surface area contributed by atoms with Gasteiger partial charge in [0.1, 0.15) is 0 Å². The number of carbonyl (C=O) groups is 2. The van der Waals surface area contributed by atoms with Crippen molar-refractivity contribution in [1.82, 2.24) is 4.90 Å². The number of carbonyl (C=O) groups excluding carboxylic acids is 2. The lowest BCUT2D eigenvalue weighted by molar-refractivity contribution is -0.118. The summed E-state index contributed by atoms with van der Waals surface area (Å²) in [5, 5.41) is 4.90. The second-order valence-corrected chi connectivity index (χ2v) is 9.33. The summed E-state index contributed by atoms with van der Waals surface area (Å²) in [4.78, 5) is 30.4. The lowest BCUT2D eigenvalue weighted by Crippen LogP contribution is -2.33. The summed E-state index contributed by atoms with van der Waals surface area (Å²) in [5.41, 5.74) is 3.80. The maximum absolute atomic E-state index is 13.5. The molecule has 1 aromatic heterocycles. The van der Waals surface area contributed by atoms with Crippen LogP contribution in [0, 0.1) is 5.92 Å². The molecule has 0 saturated heterocycles. The van der Waals surface area contributed by atoms with E-state index >= 15 is 0 Å². The highest BCUT2D eigenvalue weighted by Crippen LogP contribution is 2.30. The molecule has 0 spiro atoms. The van der Waals surface area contributed by atoms with Gasteiger partial charge in [-0.2, -0.15) is 0 Å². The summed E-state index contributed by atoms with van der Waals surface area (Å²) in [7, 11) is 3.97. The maximum atomic E-state index is 13.5. The SMILES string of the molecule is CC(C)C(=O)Nc1ccc(N(C)C)c(CN(C(=O)c2cccs2)[C@@H](C)c2ccccc2)c1. The summed E-state index contributed by atoms with van der Waals surface area (Å²) >= 11 is 1.45. The van der Waals surface area contributed by atoms with Crippen LogP contribution in [-0.4, -0.2) is 30.8 Å². The first-order valence-corrected chi connectivity index (χ1v) is 11.7. The molecule has 3 rings (SSSR count). The molecule has 6 heteroatoms. The van der Waals surface area contributed by atoms with E-state index in [-0.39, 0.29) is 23.8 Å². The lowest BCUT2D eigenvalue weighted by Gasteiger charge is -2.31. The Bertz CT molecular complexity index is 1050. The largest absolute Gasteiger partial charge is 0.377 e. The standard InChI is InChI=1S/C26H31N3O2S/c1-18(2)25(30)27-22-13-14-23(28(4)5)21(16-22)17-29(26(31)24-12-9-15-32-24)19(3)20-10-7-6-8-11-20/h6-16,18-19H,17H2,1-5H3,(H,27,30)/t19-/m0/s1. The number of rotatable bonds is 8. The average molecular weight is 450 g/mol. The van der Waals surface area contributed by atoms with Crippen LogP contribution < -0.4 is 10.2 Å². The van der Waals surface area contributed by atoms with Crippen LogP contribution in [0.5, 0.6) is 0 Å². The lowest BCUT2D eigenvalue weighted by atomic mass is 10.0. The zero-order valence-corrected chi connectivity index (χ0v) is 20.1. The van der Waals surface area contributed by atoms with Gasteiger partial charge in [-0.1, -0.05) is 50.2 Å². The van der Waals surface area contributed by atoms with Crippen molar-refractivity contribution in [2.24, 2.45) is 5.92 Å². The second kappa shape index (κ2) is 10.5. The van der Waals surface area contributed by atoms with Gasteiger partial charge in [0.15, 0.2) is 0 Å². The topological polar surface area (TPSA) is 52.7 Å². The number of hydrogen-bond acceptors (Lipinski definition) is 4. The number of benzene rings is 2. The molecule has 3 aromatic rings. The number of anilines is 2. The number of thiophene rings is 1. The van der Waals surface area contributed by atoms with Crippen molar-refractivity contribution in [2.45, 2.75) is 33.4 Å². The highest BCUT2D eigenvalue weighted by molar-refractivity contribution is 7.12. The van der Waals surface area contributed by atoms with Gasteiger partial charge in [0.25, 0.3) is 5.91 Å². The van der Waals surface area contributed by atoms with E-state index in [1.54, 1.807) is 0 Å². The van der Waals surface area contributed by atoms with E-state index < -0.39 is 0 Å². The molecule has 168 valence electrons. The average Bonchev–Trinajstić information content (AvgIpc) is 3.32. The van der Waals surface area contributed by atoms with Crippen molar-refractivity contribution in [3.63, 3.8) is 0 Å². The maximum Gasteiger partial charge on any atom is 0.264 e. The third kappa shape index (κ3) is 5.56. The van der Waals surface area contributed by atoms with Gasteiger partial charge < -0.3 is 15.1 Å². The van der Waals surface area contributed by atoms with Gasteiger partial charge in [0, 0.05) is 37.9 Å². The van der Waals surface area contributed by atoms with E-state index in [1.807, 2.05) is 104 Å². The molecule has 0 aliphatic carbocycles. The molecule has 0 fully saturated rings. The van der Waals surface area contributed by atoms with Crippen molar-refractivity contribution in [3.8, 4) is 0 Å². The third-order valence-corrected chi connectivity index (χ3v) is 6.29. The Morgan fingerprint density at radius 2 is 1.69 bits per heavy atom. The Morgan fingerprint density at radius 3 is 2.28 bits per heavy atom.